The number of hydrogen-bond acceptors (Lipinski definition) is 4. The molecule has 1 amide bonds. The molecule has 0 atom stereocenters. The fourth-order valence-electron chi connectivity index (χ4n) is 3.79. The molecule has 2 aromatic carbocycles. The van der Waals surface area contributed by atoms with Crippen molar-refractivity contribution in [2.75, 3.05) is 39.8 Å². The van der Waals surface area contributed by atoms with Gasteiger partial charge in [0.05, 0.1) is 13.7 Å². The Hall–Kier alpha value is -3.06. The molecule has 0 radical (unpaired) electrons. The van der Waals surface area contributed by atoms with Gasteiger partial charge in [-0.25, -0.2) is 0 Å². The van der Waals surface area contributed by atoms with E-state index in [0.29, 0.717) is 30.4 Å². The third-order valence-electron chi connectivity index (χ3n) is 5.52. The first-order valence-corrected chi connectivity index (χ1v) is 11.4. The summed E-state index contributed by atoms with van der Waals surface area (Å²) in [4.78, 5) is 19.5. The lowest BCUT2D eigenvalue weighted by Gasteiger charge is -2.33. The first-order valence-electron chi connectivity index (χ1n) is 11.4. The molecule has 0 unspecified atom stereocenters. The molecule has 1 aliphatic rings. The van der Waals surface area contributed by atoms with Gasteiger partial charge in [-0.05, 0) is 43.5 Å². The summed E-state index contributed by atoms with van der Waals surface area (Å²) in [6.45, 7) is 7.00. The van der Waals surface area contributed by atoms with Crippen LogP contribution in [0.25, 0.3) is 0 Å². The summed E-state index contributed by atoms with van der Waals surface area (Å²) >= 11 is 0. The highest BCUT2D eigenvalue weighted by atomic mass is 16.5. The molecule has 7 heteroatoms. The third kappa shape index (κ3) is 7.57. The number of likely N-dealkylation sites (tertiary alicyclic amines) is 1. The smallest absolute Gasteiger partial charge is 0.251 e. The molecular formula is C25H35N5O2. The van der Waals surface area contributed by atoms with E-state index in [4.69, 9.17) is 4.74 Å². The van der Waals surface area contributed by atoms with Gasteiger partial charge in [0, 0.05) is 44.3 Å². The fourth-order valence-corrected chi connectivity index (χ4v) is 3.79. The number of amides is 1. The van der Waals surface area contributed by atoms with Crippen molar-refractivity contribution in [2.24, 2.45) is 4.99 Å². The minimum absolute atomic E-state index is 0.122. The molecule has 1 saturated heterocycles. The SMILES string of the molecule is CCNC(=NCCNC(=O)c1cccc(OC)c1)NC1CCN(Cc2ccccc2)CC1. The Morgan fingerprint density at radius 1 is 1.09 bits per heavy atom. The number of carbonyl (C=O) groups is 1. The number of guanidine groups is 1. The quantitative estimate of drug-likeness (QED) is 0.319. The van der Waals surface area contributed by atoms with E-state index in [-0.39, 0.29) is 5.91 Å². The maximum Gasteiger partial charge on any atom is 0.251 e. The Labute approximate surface area is 191 Å². The molecular weight excluding hydrogens is 402 g/mol. The van der Waals surface area contributed by atoms with Crippen LogP contribution >= 0.6 is 0 Å². The molecule has 1 fully saturated rings. The van der Waals surface area contributed by atoms with Gasteiger partial charge in [0.15, 0.2) is 5.96 Å². The van der Waals surface area contributed by atoms with E-state index in [1.165, 1.54) is 5.56 Å². The third-order valence-corrected chi connectivity index (χ3v) is 5.52. The number of nitrogens with one attached hydrogen (secondary N) is 3. The molecule has 0 spiro atoms. The number of piperidine rings is 1. The largest absolute Gasteiger partial charge is 0.497 e. The van der Waals surface area contributed by atoms with Gasteiger partial charge >= 0.3 is 0 Å². The van der Waals surface area contributed by atoms with Crippen LogP contribution in [0.1, 0.15) is 35.7 Å². The van der Waals surface area contributed by atoms with Crippen molar-refractivity contribution < 1.29 is 9.53 Å². The monoisotopic (exact) mass is 437 g/mol. The topological polar surface area (TPSA) is 78.0 Å². The summed E-state index contributed by atoms with van der Waals surface area (Å²) in [5, 5.41) is 9.79. The van der Waals surface area contributed by atoms with Gasteiger partial charge in [0.1, 0.15) is 5.75 Å². The number of hydrogen-bond donors (Lipinski definition) is 3. The average Bonchev–Trinajstić information content (AvgIpc) is 2.83. The molecule has 2 aromatic rings. The van der Waals surface area contributed by atoms with Crippen molar-refractivity contribution in [1.82, 2.24) is 20.9 Å². The maximum absolute atomic E-state index is 12.3. The van der Waals surface area contributed by atoms with Gasteiger partial charge in [0.2, 0.25) is 0 Å². The van der Waals surface area contributed by atoms with E-state index in [1.54, 1.807) is 19.2 Å². The lowest BCUT2D eigenvalue weighted by Crippen LogP contribution is -2.48. The highest BCUT2D eigenvalue weighted by Gasteiger charge is 2.20. The Morgan fingerprint density at radius 3 is 2.59 bits per heavy atom. The van der Waals surface area contributed by atoms with Crippen LogP contribution in [0.5, 0.6) is 5.75 Å². The molecule has 3 rings (SSSR count). The summed E-state index contributed by atoms with van der Waals surface area (Å²) in [5.41, 5.74) is 1.95. The van der Waals surface area contributed by atoms with E-state index in [1.807, 2.05) is 12.1 Å². The molecule has 0 aromatic heterocycles. The summed E-state index contributed by atoms with van der Waals surface area (Å²) in [6, 6.07) is 18.2. The van der Waals surface area contributed by atoms with E-state index in [9.17, 15) is 4.79 Å². The highest BCUT2D eigenvalue weighted by molar-refractivity contribution is 5.94. The first kappa shape index (κ1) is 23.6. The second-order valence-corrected chi connectivity index (χ2v) is 7.93. The lowest BCUT2D eigenvalue weighted by atomic mass is 10.0. The number of methoxy groups -OCH3 is 1. The van der Waals surface area contributed by atoms with E-state index < -0.39 is 0 Å². The van der Waals surface area contributed by atoms with Crippen LogP contribution in [0.2, 0.25) is 0 Å². The minimum atomic E-state index is -0.122. The minimum Gasteiger partial charge on any atom is -0.497 e. The van der Waals surface area contributed by atoms with Crippen molar-refractivity contribution in [1.29, 1.82) is 0 Å². The summed E-state index contributed by atoms with van der Waals surface area (Å²) < 4.78 is 5.18. The lowest BCUT2D eigenvalue weighted by molar-refractivity contribution is 0.0954. The molecule has 0 bridgehead atoms. The van der Waals surface area contributed by atoms with E-state index >= 15 is 0 Å². The second-order valence-electron chi connectivity index (χ2n) is 7.93. The highest BCUT2D eigenvalue weighted by Crippen LogP contribution is 2.14. The zero-order valence-electron chi connectivity index (χ0n) is 19.1. The Kier molecular flexibility index (Phi) is 9.37. The molecule has 0 aliphatic carbocycles. The number of nitrogens with zero attached hydrogens (tertiary/aromatic N) is 2. The van der Waals surface area contributed by atoms with Crippen molar-refractivity contribution in [3.05, 3.63) is 65.7 Å². The zero-order chi connectivity index (χ0) is 22.6. The normalized spacial score (nSPS) is 15.2. The predicted molar refractivity (Wildman–Crippen MR) is 129 cm³/mol. The van der Waals surface area contributed by atoms with Crippen molar-refractivity contribution in [3.8, 4) is 5.75 Å². The molecule has 1 aliphatic heterocycles. The van der Waals surface area contributed by atoms with Crippen molar-refractivity contribution in [3.63, 3.8) is 0 Å². The van der Waals surface area contributed by atoms with Crippen LogP contribution in [0.4, 0.5) is 0 Å². The molecule has 172 valence electrons. The molecule has 0 saturated carbocycles. The number of aliphatic imine (C=N–C) groups is 1. The molecule has 3 N–H and O–H groups in total. The summed E-state index contributed by atoms with van der Waals surface area (Å²) in [7, 11) is 1.59. The Bertz CT molecular complexity index is 864. The van der Waals surface area contributed by atoms with Crippen molar-refractivity contribution in [2.45, 2.75) is 32.4 Å². The van der Waals surface area contributed by atoms with Gasteiger partial charge in [-0.3, -0.25) is 14.7 Å². The van der Waals surface area contributed by atoms with Gasteiger partial charge in [-0.15, -0.1) is 0 Å². The van der Waals surface area contributed by atoms with Crippen LogP contribution in [0.15, 0.2) is 59.6 Å². The van der Waals surface area contributed by atoms with Gasteiger partial charge in [0.25, 0.3) is 5.91 Å². The van der Waals surface area contributed by atoms with Crippen LogP contribution in [-0.4, -0.2) is 62.6 Å². The van der Waals surface area contributed by atoms with Crippen LogP contribution in [0, 0.1) is 0 Å². The average molecular weight is 438 g/mol. The van der Waals surface area contributed by atoms with E-state index in [2.05, 4.69) is 63.1 Å². The van der Waals surface area contributed by atoms with Crippen molar-refractivity contribution >= 4 is 11.9 Å². The number of carbonyl (C=O) groups excluding carboxylic acids is 1. The van der Waals surface area contributed by atoms with Crippen LogP contribution < -0.4 is 20.7 Å². The maximum atomic E-state index is 12.3. The zero-order valence-corrected chi connectivity index (χ0v) is 19.1. The fraction of sp³-hybridized carbons (Fsp3) is 0.440. The molecule has 7 nitrogen and oxygen atoms in total. The number of rotatable bonds is 9. The number of ether oxygens (including phenoxy) is 1. The van der Waals surface area contributed by atoms with Gasteiger partial charge in [-0.2, -0.15) is 0 Å². The van der Waals surface area contributed by atoms with Gasteiger partial charge in [-0.1, -0.05) is 36.4 Å². The molecule has 32 heavy (non-hydrogen) atoms. The molecule has 1 heterocycles. The van der Waals surface area contributed by atoms with Gasteiger partial charge < -0.3 is 20.7 Å². The summed E-state index contributed by atoms with van der Waals surface area (Å²) in [6.07, 6.45) is 2.17. The Balaban J connectivity index is 1.41. The van der Waals surface area contributed by atoms with Crippen LogP contribution in [-0.2, 0) is 6.54 Å². The standard InChI is InChI=1S/C25H35N5O2/c1-3-26-25(28-15-14-27-24(31)21-10-7-11-23(18-21)32-2)29-22-12-16-30(17-13-22)19-20-8-5-4-6-9-20/h4-11,18,22H,3,12-17,19H2,1-2H3,(H,27,31)(H2,26,28,29). The summed E-state index contributed by atoms with van der Waals surface area (Å²) in [5.74, 6) is 1.36. The predicted octanol–water partition coefficient (Wildman–Crippen LogP) is 2.64. The first-order chi connectivity index (χ1) is 15.7. The van der Waals surface area contributed by atoms with Crippen LogP contribution in [0.3, 0.4) is 0 Å². The van der Waals surface area contributed by atoms with E-state index in [0.717, 1.165) is 45.0 Å². The number of benzene rings is 2. The second kappa shape index (κ2) is 12.7. The Morgan fingerprint density at radius 2 is 1.88 bits per heavy atom.